The maximum absolute atomic E-state index is 7.59. The number of hydrogen-bond donors (Lipinski definition) is 0. The third kappa shape index (κ3) is 17.4. The topological polar surface area (TPSA) is 179 Å². The average Bonchev–Trinajstić information content (AvgIpc) is 1.62. The van der Waals surface area contributed by atoms with Gasteiger partial charge in [0.15, 0.2) is 59.5 Å². The maximum Gasteiger partial charge on any atom is 0.227 e. The van der Waals surface area contributed by atoms with Crippen molar-refractivity contribution in [1.29, 1.82) is 0 Å². The van der Waals surface area contributed by atoms with E-state index in [0.717, 1.165) is 217 Å². The Bertz CT molecular complexity index is 9570. The molecule has 0 atom stereocenters. The van der Waals surface area contributed by atoms with E-state index in [2.05, 4.69) is 88.9 Å². The van der Waals surface area contributed by atoms with E-state index in [-0.39, 0.29) is 22.5 Å². The Morgan fingerprint density at radius 1 is 0.239 bits per heavy atom. The number of hydrogen-bond acceptors (Lipinski definition) is 12. The summed E-state index contributed by atoms with van der Waals surface area (Å²) in [6.45, 7) is 6.91. The van der Waals surface area contributed by atoms with Gasteiger partial charge in [0.05, 0.1) is 51.0 Å². The van der Waals surface area contributed by atoms with Crippen molar-refractivity contribution in [3.8, 4) is 67.5 Å². The molecule has 6 aromatic carbocycles. The molecule has 0 bridgehead atoms. The quantitative estimate of drug-likeness (QED) is 0.144. The molecule has 0 unspecified atom stereocenters. The third-order valence-corrected chi connectivity index (χ3v) is 25.4. The van der Waals surface area contributed by atoms with Gasteiger partial charge in [-0.25, -0.2) is 47.3 Å². The van der Waals surface area contributed by atoms with E-state index in [4.69, 9.17) is 65.3 Å². The van der Waals surface area contributed by atoms with Crippen molar-refractivity contribution in [2.24, 2.45) is 42.3 Å². The first-order chi connectivity index (χ1) is 74.7. The third-order valence-electron chi connectivity index (χ3n) is 25.4. The standard InChI is InChI=1S/6C20H19N2O/c1-12-5-8-18(22(4)11-12)16-10-19-17(9-13(16)2)15-7-6-14(3)21-20(15)23-19;1-12-5-7-17(22(4)11-12)15-10-19-16(9-13(15)2)20-18(23-19)8-6-14(3)21-20;1-12-5-6-18(22(4)11-12)15-9-20-16(7-13(15)2)17-10-21-14(3)8-19(17)23-20;1-12-5-6-18(22(4)11-12)15-9-19-16(7-13(15)2)17-8-14(3)21-10-20(17)23-19;2*1-12-9-10-16(22(4)11-12)18-13(2)20-19(21-14(18)3)15-7-5-6-8-17(15)23-20/h6*5-11H,1-4H3/q6*+1/i1D3;1D3,3D3;1D3;1D3,3D3;1D3;. The van der Waals surface area contributed by atoms with Crippen molar-refractivity contribution in [1.82, 2.24) is 29.9 Å². The van der Waals surface area contributed by atoms with Crippen LogP contribution in [0.1, 0.15) is 130 Å². The summed E-state index contributed by atoms with van der Waals surface area (Å²) < 4.78 is 206. The van der Waals surface area contributed by atoms with Crippen molar-refractivity contribution in [2.75, 3.05) is 0 Å². The van der Waals surface area contributed by atoms with Crippen LogP contribution in [0.15, 0.2) is 282 Å². The lowest BCUT2D eigenvalue weighted by Crippen LogP contribution is -2.31. The van der Waals surface area contributed by atoms with Crippen molar-refractivity contribution in [3.63, 3.8) is 0 Å². The Kier molecular flexibility index (Phi) is 18.3. The molecule has 18 heteroatoms. The molecule has 18 nitrogen and oxygen atoms in total. The average molecular weight is 1840 g/mol. The van der Waals surface area contributed by atoms with Crippen LogP contribution >= 0.6 is 0 Å². The van der Waals surface area contributed by atoms with Crippen molar-refractivity contribution >= 4 is 132 Å². The number of nitrogens with zero attached hydrogens (tertiary/aromatic N) is 12. The van der Waals surface area contributed by atoms with Crippen LogP contribution in [0.3, 0.4) is 0 Å². The molecular formula is C120H114N12O6+6. The van der Waals surface area contributed by atoms with Gasteiger partial charge < -0.3 is 26.5 Å². The first-order valence-corrected chi connectivity index (χ1v) is 45.0. The molecule has 0 N–H and O–H groups in total. The van der Waals surface area contributed by atoms with Crippen molar-refractivity contribution < 1.29 is 82.7 Å². The van der Waals surface area contributed by atoms with Crippen LogP contribution in [-0.4, -0.2) is 29.9 Å². The molecule has 0 saturated carbocycles. The van der Waals surface area contributed by atoms with Gasteiger partial charge in [-0.1, -0.05) is 24.3 Å². The van der Waals surface area contributed by atoms with Crippen LogP contribution in [0.2, 0.25) is 0 Å². The minimum absolute atomic E-state index is 0.0288. The number of fused-ring (bicyclic) bond motifs is 18. The zero-order valence-corrected chi connectivity index (χ0v) is 79.6. The molecule has 0 saturated heterocycles. The summed E-state index contributed by atoms with van der Waals surface area (Å²) in [5.41, 5.74) is 35.3. The highest BCUT2D eigenvalue weighted by Gasteiger charge is 2.28. The molecule has 24 aromatic rings. The van der Waals surface area contributed by atoms with E-state index in [0.29, 0.717) is 55.6 Å². The molecule has 24 rings (SSSR count). The van der Waals surface area contributed by atoms with Gasteiger partial charge in [-0.15, -0.1) is 0 Å². The molecule has 18 aromatic heterocycles. The smallest absolute Gasteiger partial charge is 0.227 e. The van der Waals surface area contributed by atoms with Crippen molar-refractivity contribution in [3.05, 3.63) is 357 Å². The van der Waals surface area contributed by atoms with Crippen LogP contribution in [0.5, 0.6) is 0 Å². The lowest BCUT2D eigenvalue weighted by molar-refractivity contribution is -0.660. The fourth-order valence-electron chi connectivity index (χ4n) is 18.8. The summed E-state index contributed by atoms with van der Waals surface area (Å²) in [6, 6.07) is 64.0. The Hall–Kier alpha value is -16.1. The predicted octanol–water partition coefficient (Wildman–Crippen LogP) is 26.4. The maximum atomic E-state index is 7.59. The molecule has 0 amide bonds. The second-order valence-corrected chi connectivity index (χ2v) is 35.5. The molecule has 0 fully saturated rings. The van der Waals surface area contributed by atoms with Gasteiger partial charge in [0.1, 0.15) is 97.9 Å². The number of pyridine rings is 12. The van der Waals surface area contributed by atoms with Gasteiger partial charge in [0, 0.05) is 193 Å². The Morgan fingerprint density at radius 3 is 1.07 bits per heavy atom. The van der Waals surface area contributed by atoms with E-state index >= 15 is 0 Å². The Morgan fingerprint density at radius 2 is 0.609 bits per heavy atom. The van der Waals surface area contributed by atoms with E-state index in [9.17, 15) is 0 Å². The van der Waals surface area contributed by atoms with Crippen LogP contribution in [-0.2, 0) is 42.3 Å². The first kappa shape index (κ1) is 68.8. The SMILES string of the molecule is Cc1ccc(-c2c(C)nc3c(oc4ccccc43)c2C)[n+](C)c1.[2H]C([2H])([2H])c1ccc(-c2c(C)nc3c(oc4ccccc43)c2C)[n+](C)c1.[2H]C([2H])([2H])c1ccc(-c2cc3oc4cc(C)ncc4c3cc2C)[n+](C)c1.[2H]C([2H])([2H])c1ccc(-c2cc3oc4ccc(C([2H])([2H])[2H])nc4c3cc2C)[n+](C)c1.[2H]C([2H])([2H])c1ccc(-c2cc3oc4cnc(C([2H])([2H])[2H])cc4c3cc2C)[n+](C)c1.[2H]C([2H])([2H])c1ccc(-c2cc3oc4nc(C)ccc4c3cc2C)[n+](C)c1. The number of para-hydroxylation sites is 2. The van der Waals surface area contributed by atoms with Crippen LogP contribution in [0, 0.1) is 124 Å². The molecule has 138 heavy (non-hydrogen) atoms. The van der Waals surface area contributed by atoms with Gasteiger partial charge in [-0.05, 0) is 286 Å². The van der Waals surface area contributed by atoms with E-state index in [1.54, 1.807) is 109 Å². The van der Waals surface area contributed by atoms with E-state index < -0.39 is 48.0 Å². The highest BCUT2D eigenvalue weighted by Crippen LogP contribution is 2.42. The van der Waals surface area contributed by atoms with E-state index in [1.165, 1.54) is 17.8 Å². The number of benzene rings is 6. The molecule has 18 heterocycles. The van der Waals surface area contributed by atoms with Gasteiger partial charge in [0.2, 0.25) is 39.9 Å². The predicted molar refractivity (Wildman–Crippen MR) is 554 cm³/mol. The monoisotopic (exact) mass is 1840 g/mol. The van der Waals surface area contributed by atoms with Crippen LogP contribution < -0.4 is 27.4 Å². The molecular weight excluding hydrogens is 1710 g/mol. The first-order valence-electron chi connectivity index (χ1n) is 55.5. The van der Waals surface area contributed by atoms with Gasteiger partial charge in [-0.3, -0.25) is 9.97 Å². The lowest BCUT2D eigenvalue weighted by atomic mass is 10.0. The number of furan rings is 6. The number of rotatable bonds is 6. The zero-order valence-electron chi connectivity index (χ0n) is 101. The molecule has 0 aliphatic carbocycles. The summed E-state index contributed by atoms with van der Waals surface area (Å²) >= 11 is 0. The highest BCUT2D eigenvalue weighted by atomic mass is 16.4. The molecule has 684 valence electrons. The summed E-state index contributed by atoms with van der Waals surface area (Å²) in [6.07, 6.45) is 13.6. The van der Waals surface area contributed by atoms with Gasteiger partial charge in [0.25, 0.3) is 0 Å². The molecule has 0 aliphatic heterocycles. The minimum atomic E-state index is -2.29. The fraction of sp³-hybridized carbons (Fsp3) is 0.200. The van der Waals surface area contributed by atoms with E-state index in [1.807, 2.05) is 212 Å². The second kappa shape index (κ2) is 36.6. The number of aromatic nitrogens is 12. The second-order valence-electron chi connectivity index (χ2n) is 35.5. The molecule has 0 aliphatic rings. The minimum Gasteiger partial charge on any atom is -0.456 e. The summed E-state index contributed by atoms with van der Waals surface area (Å²) in [4.78, 5) is 26.8. The van der Waals surface area contributed by atoms with Crippen LogP contribution in [0.4, 0.5) is 0 Å². The fourth-order valence-corrected chi connectivity index (χ4v) is 18.8. The Labute approximate surface area is 831 Å². The summed E-state index contributed by atoms with van der Waals surface area (Å²) in [5, 5.41) is 8.43. The summed E-state index contributed by atoms with van der Waals surface area (Å²) in [7, 11) is 11.3. The van der Waals surface area contributed by atoms with Crippen LogP contribution in [0.25, 0.3) is 200 Å². The van der Waals surface area contributed by atoms with Gasteiger partial charge >= 0.3 is 0 Å². The summed E-state index contributed by atoms with van der Waals surface area (Å²) in [5.74, 6) is 0. The zero-order chi connectivity index (χ0) is 114. The van der Waals surface area contributed by atoms with Crippen molar-refractivity contribution in [2.45, 2.75) is 124 Å². The lowest BCUT2D eigenvalue weighted by Gasteiger charge is -2.08. The van der Waals surface area contributed by atoms with Gasteiger partial charge in [-0.2, -0.15) is 0 Å². The number of aryl methyl sites for hydroxylation is 24. The largest absolute Gasteiger partial charge is 0.456 e. The normalized spacial score (nSPS) is 14.4. The molecule has 0 radical (unpaired) electrons. The highest BCUT2D eigenvalue weighted by molar-refractivity contribution is 6.10. The molecule has 0 spiro atoms. The Balaban J connectivity index is 0.000000118.